The summed E-state index contributed by atoms with van der Waals surface area (Å²) in [5, 5.41) is 19.6. The molecular weight excluding hydrogens is 256 g/mol. The Morgan fingerprint density at radius 3 is 2.42 bits per heavy atom. The summed E-state index contributed by atoms with van der Waals surface area (Å²) in [6.07, 6.45) is -1.19. The van der Waals surface area contributed by atoms with Crippen molar-refractivity contribution in [2.45, 2.75) is 38.5 Å². The Hall–Kier alpha value is -1.83. The van der Waals surface area contributed by atoms with Crippen molar-refractivity contribution < 1.29 is 29.3 Å². The van der Waals surface area contributed by atoms with Crippen LogP contribution in [0, 0.1) is 0 Å². The second-order valence-corrected chi connectivity index (χ2v) is 4.65. The van der Waals surface area contributed by atoms with Crippen molar-refractivity contribution in [3.8, 4) is 0 Å². The first kappa shape index (κ1) is 15.2. The number of nitrogens with zero attached hydrogens (tertiary/aromatic N) is 1. The predicted molar refractivity (Wildman–Crippen MR) is 63.8 cm³/mol. The Morgan fingerprint density at radius 2 is 2.00 bits per heavy atom. The van der Waals surface area contributed by atoms with E-state index in [2.05, 4.69) is 5.32 Å². The topological polar surface area (TPSA) is 116 Å². The molecule has 0 spiro atoms. The molecule has 19 heavy (non-hydrogen) atoms. The van der Waals surface area contributed by atoms with Gasteiger partial charge in [0.25, 0.3) is 0 Å². The average Bonchev–Trinajstić information content (AvgIpc) is 2.70. The molecule has 0 aliphatic carbocycles. The van der Waals surface area contributed by atoms with Gasteiger partial charge in [0.15, 0.2) is 0 Å². The molecule has 0 bridgehead atoms. The first-order valence-corrected chi connectivity index (χ1v) is 5.96. The smallest absolute Gasteiger partial charge is 0.407 e. The van der Waals surface area contributed by atoms with E-state index >= 15 is 0 Å². The lowest BCUT2D eigenvalue weighted by atomic mass is 10.2. The van der Waals surface area contributed by atoms with Gasteiger partial charge in [0.2, 0.25) is 0 Å². The Morgan fingerprint density at radius 1 is 1.37 bits per heavy atom. The summed E-state index contributed by atoms with van der Waals surface area (Å²) in [6.45, 7) is 3.53. The molecule has 0 saturated carbocycles. The van der Waals surface area contributed by atoms with Crippen LogP contribution in [-0.4, -0.2) is 64.4 Å². The maximum Gasteiger partial charge on any atom is 0.407 e. The molecule has 1 heterocycles. The molecule has 0 unspecified atom stereocenters. The summed E-state index contributed by atoms with van der Waals surface area (Å²) in [5.41, 5.74) is 0. The Bertz CT molecular complexity index is 370. The lowest BCUT2D eigenvalue weighted by Crippen LogP contribution is -2.40. The molecule has 1 aliphatic rings. The van der Waals surface area contributed by atoms with Crippen LogP contribution >= 0.6 is 0 Å². The monoisotopic (exact) mass is 274 g/mol. The molecule has 1 aliphatic heterocycles. The van der Waals surface area contributed by atoms with Crippen LogP contribution in [0.2, 0.25) is 0 Å². The normalized spacial score (nSPS) is 23.3. The van der Waals surface area contributed by atoms with Crippen molar-refractivity contribution >= 4 is 18.0 Å². The van der Waals surface area contributed by atoms with Gasteiger partial charge in [-0.1, -0.05) is 0 Å². The number of hydrogen-bond donors (Lipinski definition) is 3. The summed E-state index contributed by atoms with van der Waals surface area (Å²) in [7, 11) is 0. The van der Waals surface area contributed by atoms with Gasteiger partial charge in [0.1, 0.15) is 18.7 Å². The van der Waals surface area contributed by atoms with Crippen molar-refractivity contribution in [1.82, 2.24) is 10.2 Å². The third-order valence-corrected chi connectivity index (χ3v) is 2.91. The zero-order chi connectivity index (χ0) is 14.6. The van der Waals surface area contributed by atoms with Crippen LogP contribution < -0.4 is 5.32 Å². The number of aliphatic carboxylic acids is 2. The number of alkyl carbamates (subject to hydrolysis) is 1. The number of amides is 1. The minimum atomic E-state index is -1.17. The third kappa shape index (κ3) is 4.40. The Balaban J connectivity index is 2.51. The molecule has 2 atom stereocenters. The molecular formula is C11H18N2O6. The largest absolute Gasteiger partial charge is 0.480 e. The fraction of sp³-hybridized carbons (Fsp3) is 0.727. The number of nitrogens with one attached hydrogen (secondary N) is 1. The maximum atomic E-state index is 11.3. The first-order valence-electron chi connectivity index (χ1n) is 5.96. The number of carbonyl (C=O) groups excluding carboxylic acids is 1. The number of likely N-dealkylation sites (tertiary alicyclic amines) is 1. The number of rotatable bonds is 5. The summed E-state index contributed by atoms with van der Waals surface area (Å²) in [4.78, 5) is 34.4. The first-order chi connectivity index (χ1) is 8.81. The van der Waals surface area contributed by atoms with Crippen molar-refractivity contribution in [3.05, 3.63) is 0 Å². The molecule has 0 aromatic rings. The fourth-order valence-electron chi connectivity index (χ4n) is 2.06. The van der Waals surface area contributed by atoms with Crippen molar-refractivity contribution in [3.63, 3.8) is 0 Å². The van der Waals surface area contributed by atoms with Gasteiger partial charge >= 0.3 is 18.0 Å². The molecule has 1 saturated heterocycles. The second kappa shape index (κ2) is 6.37. The van der Waals surface area contributed by atoms with E-state index in [0.29, 0.717) is 6.54 Å². The SMILES string of the molecule is CC(C)N1C[C@H](OC(=O)NCC(=O)O)C[C@H]1C(=O)O. The molecule has 1 rings (SSSR count). The second-order valence-electron chi connectivity index (χ2n) is 4.65. The molecule has 1 amide bonds. The minimum Gasteiger partial charge on any atom is -0.480 e. The summed E-state index contributed by atoms with van der Waals surface area (Å²) < 4.78 is 5.00. The van der Waals surface area contributed by atoms with Crippen LogP contribution in [-0.2, 0) is 14.3 Å². The quantitative estimate of drug-likeness (QED) is 0.632. The Labute approximate surface area is 110 Å². The highest BCUT2D eigenvalue weighted by molar-refractivity contribution is 5.77. The van der Waals surface area contributed by atoms with Crippen LogP contribution in [0.15, 0.2) is 0 Å². The molecule has 8 nitrogen and oxygen atoms in total. The fourth-order valence-corrected chi connectivity index (χ4v) is 2.06. The number of hydrogen-bond acceptors (Lipinski definition) is 5. The average molecular weight is 274 g/mol. The molecule has 3 N–H and O–H groups in total. The van der Waals surface area contributed by atoms with Gasteiger partial charge in [-0.15, -0.1) is 0 Å². The van der Waals surface area contributed by atoms with Crippen LogP contribution in [0.25, 0.3) is 0 Å². The molecule has 0 aromatic carbocycles. The highest BCUT2D eigenvalue weighted by atomic mass is 16.6. The van der Waals surface area contributed by atoms with E-state index < -0.39 is 36.7 Å². The number of carboxylic acid groups (broad SMARTS) is 2. The predicted octanol–water partition coefficient (Wildman–Crippen LogP) is -0.267. The van der Waals surface area contributed by atoms with E-state index in [1.807, 2.05) is 13.8 Å². The Kier molecular flexibility index (Phi) is 5.11. The summed E-state index contributed by atoms with van der Waals surface area (Å²) in [5.74, 6) is -2.12. The van der Waals surface area contributed by atoms with Crippen molar-refractivity contribution in [2.24, 2.45) is 0 Å². The number of carboxylic acids is 2. The van der Waals surface area contributed by atoms with E-state index in [1.54, 1.807) is 4.90 Å². The van der Waals surface area contributed by atoms with Gasteiger partial charge in [-0.3, -0.25) is 14.5 Å². The molecule has 8 heteroatoms. The van der Waals surface area contributed by atoms with Crippen LogP contribution in [0.1, 0.15) is 20.3 Å². The van der Waals surface area contributed by atoms with Crippen molar-refractivity contribution in [2.75, 3.05) is 13.1 Å². The standard InChI is InChI=1S/C11H18N2O6/c1-6(2)13-5-7(3-8(13)10(16)17)19-11(18)12-4-9(14)15/h6-8H,3-5H2,1-2H3,(H,12,18)(H,14,15)(H,16,17)/t7-,8+/m1/s1. The van der Waals surface area contributed by atoms with Crippen LogP contribution in [0.3, 0.4) is 0 Å². The highest BCUT2D eigenvalue weighted by Crippen LogP contribution is 2.23. The number of ether oxygens (including phenoxy) is 1. The lowest BCUT2D eigenvalue weighted by molar-refractivity contribution is -0.142. The molecule has 0 aromatic heterocycles. The van der Waals surface area contributed by atoms with Gasteiger partial charge in [0.05, 0.1) is 0 Å². The van der Waals surface area contributed by atoms with E-state index in [9.17, 15) is 14.4 Å². The van der Waals surface area contributed by atoms with Crippen LogP contribution in [0.4, 0.5) is 4.79 Å². The zero-order valence-electron chi connectivity index (χ0n) is 10.8. The van der Waals surface area contributed by atoms with Gasteiger partial charge in [-0.25, -0.2) is 4.79 Å². The van der Waals surface area contributed by atoms with Crippen LogP contribution in [0.5, 0.6) is 0 Å². The van der Waals surface area contributed by atoms with E-state index in [-0.39, 0.29) is 12.5 Å². The minimum absolute atomic E-state index is 0.0248. The maximum absolute atomic E-state index is 11.3. The molecule has 1 fully saturated rings. The lowest BCUT2D eigenvalue weighted by Gasteiger charge is -2.24. The summed E-state index contributed by atoms with van der Waals surface area (Å²) in [6, 6.07) is -0.658. The van der Waals surface area contributed by atoms with Gasteiger partial charge < -0.3 is 20.3 Å². The van der Waals surface area contributed by atoms with E-state index in [1.165, 1.54) is 0 Å². The number of carbonyl (C=O) groups is 3. The molecule has 108 valence electrons. The van der Waals surface area contributed by atoms with Gasteiger partial charge in [-0.2, -0.15) is 0 Å². The van der Waals surface area contributed by atoms with Gasteiger partial charge in [0, 0.05) is 19.0 Å². The zero-order valence-corrected chi connectivity index (χ0v) is 10.8. The van der Waals surface area contributed by atoms with Gasteiger partial charge in [-0.05, 0) is 13.8 Å². The third-order valence-electron chi connectivity index (χ3n) is 2.91. The van der Waals surface area contributed by atoms with E-state index in [0.717, 1.165) is 0 Å². The summed E-state index contributed by atoms with van der Waals surface area (Å²) >= 11 is 0. The van der Waals surface area contributed by atoms with E-state index in [4.69, 9.17) is 14.9 Å². The van der Waals surface area contributed by atoms with Crippen molar-refractivity contribution in [1.29, 1.82) is 0 Å². The highest BCUT2D eigenvalue weighted by Gasteiger charge is 2.39. The molecule has 0 radical (unpaired) electrons.